The van der Waals surface area contributed by atoms with E-state index < -0.39 is 0 Å². The number of carbonyl (C=O) groups excluding carboxylic acids is 1. The summed E-state index contributed by atoms with van der Waals surface area (Å²) in [6.07, 6.45) is 3.92. The molecule has 0 spiro atoms. The summed E-state index contributed by atoms with van der Waals surface area (Å²) in [5.41, 5.74) is 1.09. The first kappa shape index (κ1) is 15.6. The van der Waals surface area contributed by atoms with E-state index in [0.717, 1.165) is 17.9 Å². The van der Waals surface area contributed by atoms with Crippen molar-refractivity contribution in [3.63, 3.8) is 0 Å². The standard InChI is InChI=1S/C16H16N2OS3/c1-17-9-10-21-14(17)8-7-13-15(19)18(16(20)22-13)11-12-5-3-2-4-6-12/h2-8H,9-11H2,1H3/b13-7+,14-8?. The van der Waals surface area contributed by atoms with Gasteiger partial charge in [-0.1, -0.05) is 54.3 Å². The zero-order valence-corrected chi connectivity index (χ0v) is 14.6. The van der Waals surface area contributed by atoms with Gasteiger partial charge in [0.05, 0.1) is 16.5 Å². The molecule has 0 atom stereocenters. The summed E-state index contributed by atoms with van der Waals surface area (Å²) in [5, 5.41) is 1.20. The summed E-state index contributed by atoms with van der Waals surface area (Å²) in [4.78, 5) is 17.1. The molecule has 1 amide bonds. The van der Waals surface area contributed by atoms with Crippen LogP contribution in [0.1, 0.15) is 5.56 Å². The Morgan fingerprint density at radius 1 is 1.27 bits per heavy atom. The molecule has 0 aromatic heterocycles. The molecule has 0 saturated carbocycles. The van der Waals surface area contributed by atoms with Gasteiger partial charge in [0.25, 0.3) is 5.91 Å². The summed E-state index contributed by atoms with van der Waals surface area (Å²) in [7, 11) is 2.07. The van der Waals surface area contributed by atoms with Crippen molar-refractivity contribution in [3.8, 4) is 0 Å². The van der Waals surface area contributed by atoms with Crippen LogP contribution >= 0.6 is 35.7 Å². The second kappa shape index (κ2) is 6.89. The average molecular weight is 349 g/mol. The topological polar surface area (TPSA) is 23.6 Å². The molecule has 0 N–H and O–H groups in total. The van der Waals surface area contributed by atoms with E-state index in [4.69, 9.17) is 12.2 Å². The lowest BCUT2D eigenvalue weighted by Crippen LogP contribution is -2.27. The summed E-state index contributed by atoms with van der Waals surface area (Å²) < 4.78 is 0.630. The van der Waals surface area contributed by atoms with Crippen molar-refractivity contribution < 1.29 is 4.79 Å². The molecule has 2 aliphatic rings. The Labute approximate surface area is 144 Å². The zero-order valence-electron chi connectivity index (χ0n) is 12.2. The number of benzene rings is 1. The molecule has 3 rings (SSSR count). The van der Waals surface area contributed by atoms with Crippen molar-refractivity contribution in [1.82, 2.24) is 9.80 Å². The second-order valence-electron chi connectivity index (χ2n) is 5.05. The Balaban J connectivity index is 1.74. The van der Waals surface area contributed by atoms with Crippen LogP contribution in [-0.2, 0) is 11.3 Å². The number of allylic oxidation sites excluding steroid dienone is 2. The van der Waals surface area contributed by atoms with Crippen molar-refractivity contribution >= 4 is 46.0 Å². The monoisotopic (exact) mass is 348 g/mol. The number of nitrogens with zero attached hydrogens (tertiary/aromatic N) is 2. The molecule has 6 heteroatoms. The van der Waals surface area contributed by atoms with Gasteiger partial charge in [-0.25, -0.2) is 0 Å². The number of thiocarbonyl (C=S) groups is 1. The van der Waals surface area contributed by atoms with Crippen LogP contribution in [0.2, 0.25) is 0 Å². The van der Waals surface area contributed by atoms with Crippen molar-refractivity contribution in [3.05, 3.63) is 58.0 Å². The first-order chi connectivity index (χ1) is 10.6. The fourth-order valence-corrected chi connectivity index (χ4v) is 4.49. The SMILES string of the molecule is CN1CCSC1=C/C=C1/SC(=S)N(Cc2ccccc2)C1=O. The fraction of sp³-hybridized carbons (Fsp3) is 0.250. The molecular formula is C16H16N2OS3. The molecule has 1 aromatic rings. The summed E-state index contributed by atoms with van der Waals surface area (Å²) in [6, 6.07) is 9.93. The molecule has 2 saturated heterocycles. The Morgan fingerprint density at radius 2 is 2.05 bits per heavy atom. The van der Waals surface area contributed by atoms with Gasteiger partial charge in [-0.3, -0.25) is 9.69 Å². The molecular weight excluding hydrogens is 332 g/mol. The Hall–Kier alpha value is -1.24. The first-order valence-corrected chi connectivity index (χ1v) is 9.20. The molecule has 114 valence electrons. The largest absolute Gasteiger partial charge is 0.369 e. The van der Waals surface area contributed by atoms with E-state index in [1.807, 2.05) is 54.2 Å². The summed E-state index contributed by atoms with van der Waals surface area (Å²) >= 11 is 8.55. The van der Waals surface area contributed by atoms with Crippen LogP contribution < -0.4 is 0 Å². The van der Waals surface area contributed by atoms with Crippen LogP contribution in [0.3, 0.4) is 0 Å². The van der Waals surface area contributed by atoms with E-state index in [-0.39, 0.29) is 5.91 Å². The second-order valence-corrected chi connectivity index (χ2v) is 7.84. The molecule has 22 heavy (non-hydrogen) atoms. The lowest BCUT2D eigenvalue weighted by Gasteiger charge is -2.14. The van der Waals surface area contributed by atoms with E-state index in [1.54, 1.807) is 4.90 Å². The van der Waals surface area contributed by atoms with Crippen molar-refractivity contribution in [2.75, 3.05) is 19.3 Å². The molecule has 1 aromatic carbocycles. The van der Waals surface area contributed by atoms with E-state index >= 15 is 0 Å². The van der Waals surface area contributed by atoms with Crippen LogP contribution in [0.4, 0.5) is 0 Å². The maximum absolute atomic E-state index is 12.5. The zero-order chi connectivity index (χ0) is 15.5. The highest BCUT2D eigenvalue weighted by atomic mass is 32.2. The van der Waals surface area contributed by atoms with Crippen LogP contribution in [0.5, 0.6) is 0 Å². The van der Waals surface area contributed by atoms with Crippen LogP contribution in [-0.4, -0.2) is 39.4 Å². The Kier molecular flexibility index (Phi) is 4.90. The highest BCUT2D eigenvalue weighted by Gasteiger charge is 2.31. The molecule has 2 aliphatic heterocycles. The molecule has 0 unspecified atom stereocenters. The number of amides is 1. The van der Waals surface area contributed by atoms with Gasteiger partial charge in [0.15, 0.2) is 0 Å². The first-order valence-electron chi connectivity index (χ1n) is 6.98. The molecule has 0 aliphatic carbocycles. The third-order valence-electron chi connectivity index (χ3n) is 3.49. The van der Waals surface area contributed by atoms with Gasteiger partial charge in [-0.2, -0.15) is 0 Å². The van der Waals surface area contributed by atoms with Gasteiger partial charge in [-0.15, -0.1) is 11.8 Å². The quantitative estimate of drug-likeness (QED) is 0.615. The Morgan fingerprint density at radius 3 is 2.73 bits per heavy atom. The lowest BCUT2D eigenvalue weighted by molar-refractivity contribution is -0.122. The minimum absolute atomic E-state index is 0.00125. The Bertz CT molecular complexity index is 655. The average Bonchev–Trinajstić information content (AvgIpc) is 3.04. The summed E-state index contributed by atoms with van der Waals surface area (Å²) in [6.45, 7) is 1.59. The molecule has 0 radical (unpaired) electrons. The van der Waals surface area contributed by atoms with Gasteiger partial charge in [-0.05, 0) is 17.7 Å². The van der Waals surface area contributed by atoms with E-state index in [9.17, 15) is 4.79 Å². The lowest BCUT2D eigenvalue weighted by atomic mass is 10.2. The van der Waals surface area contributed by atoms with Gasteiger partial charge >= 0.3 is 0 Å². The van der Waals surface area contributed by atoms with E-state index in [1.165, 1.54) is 16.8 Å². The van der Waals surface area contributed by atoms with Crippen molar-refractivity contribution in [2.45, 2.75) is 6.54 Å². The maximum atomic E-state index is 12.5. The van der Waals surface area contributed by atoms with Gasteiger partial charge in [0.2, 0.25) is 0 Å². The number of rotatable bonds is 3. The van der Waals surface area contributed by atoms with Gasteiger partial charge in [0.1, 0.15) is 4.32 Å². The summed E-state index contributed by atoms with van der Waals surface area (Å²) in [5.74, 6) is 1.10. The molecule has 2 fully saturated rings. The van der Waals surface area contributed by atoms with Crippen LogP contribution in [0.25, 0.3) is 0 Å². The predicted molar refractivity (Wildman–Crippen MR) is 98.4 cm³/mol. The molecule has 2 heterocycles. The van der Waals surface area contributed by atoms with Gasteiger partial charge in [0, 0.05) is 19.3 Å². The number of hydrogen-bond donors (Lipinski definition) is 0. The third-order valence-corrected chi connectivity index (χ3v) is 6.01. The molecule has 3 nitrogen and oxygen atoms in total. The maximum Gasteiger partial charge on any atom is 0.266 e. The highest BCUT2D eigenvalue weighted by Crippen LogP contribution is 2.33. The minimum atomic E-state index is 0.00125. The normalized spacial score (nSPS) is 22.4. The van der Waals surface area contributed by atoms with Crippen LogP contribution in [0, 0.1) is 0 Å². The van der Waals surface area contributed by atoms with Crippen molar-refractivity contribution in [1.29, 1.82) is 0 Å². The number of thioether (sulfide) groups is 2. The number of carbonyl (C=O) groups is 1. The van der Waals surface area contributed by atoms with E-state index in [0.29, 0.717) is 15.8 Å². The minimum Gasteiger partial charge on any atom is -0.369 e. The highest BCUT2D eigenvalue weighted by molar-refractivity contribution is 8.26. The fourth-order valence-electron chi connectivity index (χ4n) is 2.25. The number of hydrogen-bond acceptors (Lipinski definition) is 5. The smallest absolute Gasteiger partial charge is 0.266 e. The van der Waals surface area contributed by atoms with Gasteiger partial charge < -0.3 is 4.90 Å². The molecule has 0 bridgehead atoms. The van der Waals surface area contributed by atoms with Crippen molar-refractivity contribution in [2.24, 2.45) is 0 Å². The van der Waals surface area contributed by atoms with Crippen LogP contribution in [0.15, 0.2) is 52.4 Å². The van der Waals surface area contributed by atoms with E-state index in [2.05, 4.69) is 11.9 Å². The predicted octanol–water partition coefficient (Wildman–Crippen LogP) is 3.45. The third kappa shape index (κ3) is 3.39.